The summed E-state index contributed by atoms with van der Waals surface area (Å²) in [5, 5.41) is 9.73. The summed E-state index contributed by atoms with van der Waals surface area (Å²) in [6.45, 7) is 1.51. The number of rotatable bonds is 3. The molecule has 21 heavy (non-hydrogen) atoms. The van der Waals surface area contributed by atoms with E-state index < -0.39 is 6.29 Å². The number of ether oxygens (including phenoxy) is 1. The Morgan fingerprint density at radius 2 is 1.86 bits per heavy atom. The first-order valence-electron chi connectivity index (χ1n) is 6.61. The van der Waals surface area contributed by atoms with Crippen LogP contribution in [0.1, 0.15) is 6.92 Å². The van der Waals surface area contributed by atoms with E-state index in [9.17, 15) is 9.90 Å². The van der Waals surface area contributed by atoms with Crippen LogP contribution in [0.4, 0.5) is 0 Å². The number of hydrogen-bond donors (Lipinski definition) is 1. The summed E-state index contributed by atoms with van der Waals surface area (Å²) in [4.78, 5) is 12.2. The maximum Gasteiger partial charge on any atom is 0.194 e. The van der Waals surface area contributed by atoms with Crippen molar-refractivity contribution in [3.8, 4) is 17.1 Å². The number of hydrogen-bond acceptors (Lipinski definition) is 4. The van der Waals surface area contributed by atoms with E-state index in [1.807, 2.05) is 30.3 Å². The number of fused-ring (bicyclic) bond motifs is 1. The van der Waals surface area contributed by atoms with Gasteiger partial charge in [-0.1, -0.05) is 30.3 Å². The molecule has 1 aromatic heterocycles. The van der Waals surface area contributed by atoms with Crippen LogP contribution in [0.2, 0.25) is 0 Å². The highest BCUT2D eigenvalue weighted by molar-refractivity contribution is 5.80. The van der Waals surface area contributed by atoms with Crippen molar-refractivity contribution in [2.24, 2.45) is 0 Å². The Bertz CT molecular complexity index is 819. The van der Waals surface area contributed by atoms with E-state index in [2.05, 4.69) is 0 Å². The Labute approximate surface area is 121 Å². The summed E-state index contributed by atoms with van der Waals surface area (Å²) in [5.41, 5.74) is 1.15. The fraction of sp³-hybridized carbons (Fsp3) is 0.118. The molecule has 106 valence electrons. The third-order valence-corrected chi connectivity index (χ3v) is 3.07. The van der Waals surface area contributed by atoms with E-state index in [0.29, 0.717) is 22.5 Å². The first-order valence-corrected chi connectivity index (χ1v) is 6.61. The van der Waals surface area contributed by atoms with Gasteiger partial charge in [-0.3, -0.25) is 4.79 Å². The molecule has 1 unspecified atom stereocenters. The topological polar surface area (TPSA) is 59.7 Å². The molecule has 0 spiro atoms. The standard InChI is InChI=1S/C17H14O4/c1-11(18)20-13-7-8-14-15(19)10-16(21-17(14)9-13)12-5-3-2-4-6-12/h2-11,18H,1H3. The van der Waals surface area contributed by atoms with Gasteiger partial charge in [0.25, 0.3) is 0 Å². The van der Waals surface area contributed by atoms with E-state index in [1.54, 1.807) is 18.2 Å². The Morgan fingerprint density at radius 1 is 1.10 bits per heavy atom. The van der Waals surface area contributed by atoms with Gasteiger partial charge in [0.05, 0.1) is 5.39 Å². The molecule has 0 aliphatic rings. The first kappa shape index (κ1) is 13.4. The zero-order chi connectivity index (χ0) is 14.8. The maximum absolute atomic E-state index is 12.2. The van der Waals surface area contributed by atoms with Gasteiger partial charge in [0.2, 0.25) is 0 Å². The summed E-state index contributed by atoms with van der Waals surface area (Å²) < 4.78 is 11.0. The molecule has 0 saturated carbocycles. The quantitative estimate of drug-likeness (QED) is 0.749. The third kappa shape index (κ3) is 2.80. The monoisotopic (exact) mass is 282 g/mol. The van der Waals surface area contributed by atoms with Crippen molar-refractivity contribution >= 4 is 11.0 Å². The zero-order valence-electron chi connectivity index (χ0n) is 11.4. The predicted octanol–water partition coefficient (Wildman–Crippen LogP) is 3.18. The van der Waals surface area contributed by atoms with E-state index >= 15 is 0 Å². The lowest BCUT2D eigenvalue weighted by atomic mass is 10.1. The van der Waals surface area contributed by atoms with Gasteiger partial charge in [-0.25, -0.2) is 0 Å². The average Bonchev–Trinajstić information content (AvgIpc) is 2.47. The average molecular weight is 282 g/mol. The van der Waals surface area contributed by atoms with Crippen LogP contribution in [0.25, 0.3) is 22.3 Å². The molecule has 0 aliphatic heterocycles. The lowest BCUT2D eigenvalue weighted by molar-refractivity contribution is -0.000228. The molecule has 1 atom stereocenters. The fourth-order valence-electron chi connectivity index (χ4n) is 2.15. The Morgan fingerprint density at radius 3 is 2.57 bits per heavy atom. The minimum atomic E-state index is -0.925. The second-order valence-corrected chi connectivity index (χ2v) is 4.72. The summed E-state index contributed by atoms with van der Waals surface area (Å²) in [7, 11) is 0. The Hall–Kier alpha value is -2.59. The Balaban J connectivity index is 2.15. The van der Waals surface area contributed by atoms with Crippen molar-refractivity contribution < 1.29 is 14.3 Å². The normalized spacial score (nSPS) is 12.3. The lowest BCUT2D eigenvalue weighted by Gasteiger charge is -2.09. The lowest BCUT2D eigenvalue weighted by Crippen LogP contribution is -2.09. The SMILES string of the molecule is CC(O)Oc1ccc2c(=O)cc(-c3ccccc3)oc2c1. The minimum absolute atomic E-state index is 0.112. The largest absolute Gasteiger partial charge is 0.465 e. The van der Waals surface area contributed by atoms with Crippen LogP contribution in [-0.4, -0.2) is 11.4 Å². The maximum atomic E-state index is 12.2. The van der Waals surface area contributed by atoms with Crippen LogP contribution in [0.15, 0.2) is 63.8 Å². The van der Waals surface area contributed by atoms with Gasteiger partial charge >= 0.3 is 0 Å². The van der Waals surface area contributed by atoms with Crippen LogP contribution in [0, 0.1) is 0 Å². The molecule has 3 rings (SSSR count). The molecule has 3 aromatic rings. The highest BCUT2D eigenvalue weighted by Gasteiger charge is 2.08. The molecule has 0 aliphatic carbocycles. The molecule has 0 amide bonds. The molecule has 2 aromatic carbocycles. The molecular weight excluding hydrogens is 268 g/mol. The number of aliphatic hydroxyl groups excluding tert-OH is 1. The molecule has 0 radical (unpaired) electrons. The van der Waals surface area contributed by atoms with Crippen LogP contribution in [-0.2, 0) is 0 Å². The summed E-state index contributed by atoms with van der Waals surface area (Å²) in [6, 6.07) is 15.8. The molecular formula is C17H14O4. The molecule has 1 N–H and O–H groups in total. The van der Waals surface area contributed by atoms with Crippen molar-refractivity contribution in [3.63, 3.8) is 0 Å². The second kappa shape index (κ2) is 5.42. The van der Waals surface area contributed by atoms with Crippen LogP contribution in [0.3, 0.4) is 0 Å². The summed E-state index contributed by atoms with van der Waals surface area (Å²) in [5.74, 6) is 0.952. The second-order valence-electron chi connectivity index (χ2n) is 4.72. The van der Waals surface area contributed by atoms with Gasteiger partial charge in [-0.05, 0) is 19.1 Å². The van der Waals surface area contributed by atoms with Gasteiger partial charge in [0.1, 0.15) is 17.1 Å². The van der Waals surface area contributed by atoms with Gasteiger partial charge in [0, 0.05) is 17.7 Å². The first-order chi connectivity index (χ1) is 10.1. The Kier molecular flexibility index (Phi) is 3.46. The minimum Gasteiger partial charge on any atom is -0.465 e. The third-order valence-electron chi connectivity index (χ3n) is 3.07. The van der Waals surface area contributed by atoms with Gasteiger partial charge in [-0.2, -0.15) is 0 Å². The highest BCUT2D eigenvalue weighted by Crippen LogP contribution is 2.25. The molecule has 4 heteroatoms. The van der Waals surface area contributed by atoms with Crippen molar-refractivity contribution in [2.75, 3.05) is 0 Å². The van der Waals surface area contributed by atoms with Gasteiger partial charge < -0.3 is 14.3 Å². The van der Waals surface area contributed by atoms with E-state index in [1.165, 1.54) is 13.0 Å². The van der Waals surface area contributed by atoms with E-state index in [-0.39, 0.29) is 5.43 Å². The van der Waals surface area contributed by atoms with Crippen molar-refractivity contribution in [3.05, 3.63) is 64.8 Å². The van der Waals surface area contributed by atoms with Gasteiger partial charge in [0.15, 0.2) is 11.7 Å². The summed E-state index contributed by atoms with van der Waals surface area (Å²) >= 11 is 0. The van der Waals surface area contributed by atoms with Crippen LogP contribution >= 0.6 is 0 Å². The smallest absolute Gasteiger partial charge is 0.194 e. The van der Waals surface area contributed by atoms with Gasteiger partial charge in [-0.15, -0.1) is 0 Å². The highest BCUT2D eigenvalue weighted by atomic mass is 16.6. The van der Waals surface area contributed by atoms with E-state index in [0.717, 1.165) is 5.56 Å². The fourth-order valence-corrected chi connectivity index (χ4v) is 2.15. The number of benzene rings is 2. The molecule has 1 heterocycles. The van der Waals surface area contributed by atoms with E-state index in [4.69, 9.17) is 9.15 Å². The number of aliphatic hydroxyl groups is 1. The van der Waals surface area contributed by atoms with Crippen molar-refractivity contribution in [1.29, 1.82) is 0 Å². The van der Waals surface area contributed by atoms with Crippen LogP contribution in [0.5, 0.6) is 5.75 Å². The molecule has 0 saturated heterocycles. The van der Waals surface area contributed by atoms with Crippen LogP contribution < -0.4 is 10.2 Å². The predicted molar refractivity (Wildman–Crippen MR) is 80.2 cm³/mol. The van der Waals surface area contributed by atoms with Crippen molar-refractivity contribution in [2.45, 2.75) is 13.2 Å². The zero-order valence-corrected chi connectivity index (χ0v) is 11.4. The molecule has 4 nitrogen and oxygen atoms in total. The molecule has 0 bridgehead atoms. The summed E-state index contributed by atoms with van der Waals surface area (Å²) in [6.07, 6.45) is -0.925. The van der Waals surface area contributed by atoms with Crippen molar-refractivity contribution in [1.82, 2.24) is 0 Å². The molecule has 0 fully saturated rings.